The van der Waals surface area contributed by atoms with Crippen LogP contribution in [0.4, 0.5) is 17.6 Å². The second-order valence-electron chi connectivity index (χ2n) is 6.86. The van der Waals surface area contributed by atoms with E-state index in [1.54, 1.807) is 6.07 Å². The Balaban J connectivity index is 1.66. The summed E-state index contributed by atoms with van der Waals surface area (Å²) in [6, 6.07) is 7.40. The third-order valence-corrected chi connectivity index (χ3v) is 4.93. The van der Waals surface area contributed by atoms with Crippen molar-refractivity contribution < 1.29 is 22.7 Å². The van der Waals surface area contributed by atoms with E-state index in [2.05, 4.69) is 9.80 Å². The van der Waals surface area contributed by atoms with E-state index < -0.39 is 23.3 Å². The van der Waals surface area contributed by atoms with Crippen molar-refractivity contribution in [3.8, 4) is 0 Å². The summed E-state index contributed by atoms with van der Waals surface area (Å²) < 4.78 is 53.5. The number of piperazine rings is 1. The molecule has 0 radical (unpaired) electrons. The Morgan fingerprint density at radius 2 is 1.70 bits per heavy atom. The van der Waals surface area contributed by atoms with Gasteiger partial charge in [0.2, 0.25) is 0 Å². The standard InChI is InChI=1S/C20H22F4N2O/c21-16-3-2-15(19(23)10-16)12-25-6-7-26(17(13-25)5-8-27)11-14-1-4-18(22)20(24)9-14/h1-4,9-10,17,27H,5-8,11-13H2. The summed E-state index contributed by atoms with van der Waals surface area (Å²) in [6.07, 6.45) is 0.520. The van der Waals surface area contributed by atoms with E-state index in [1.165, 1.54) is 18.2 Å². The second kappa shape index (κ2) is 8.82. The lowest BCUT2D eigenvalue weighted by molar-refractivity contribution is 0.0494. The Kier molecular flexibility index (Phi) is 6.46. The topological polar surface area (TPSA) is 26.7 Å². The average Bonchev–Trinajstić information content (AvgIpc) is 2.63. The van der Waals surface area contributed by atoms with Gasteiger partial charge in [-0.05, 0) is 30.2 Å². The molecule has 3 rings (SSSR count). The number of hydrogen-bond acceptors (Lipinski definition) is 3. The van der Waals surface area contributed by atoms with Crippen LogP contribution in [0.2, 0.25) is 0 Å². The molecular weight excluding hydrogens is 360 g/mol. The molecule has 1 atom stereocenters. The van der Waals surface area contributed by atoms with Crippen molar-refractivity contribution in [2.45, 2.75) is 25.6 Å². The zero-order valence-corrected chi connectivity index (χ0v) is 14.8. The molecule has 0 spiro atoms. The molecule has 1 saturated heterocycles. The van der Waals surface area contributed by atoms with Gasteiger partial charge < -0.3 is 5.11 Å². The summed E-state index contributed by atoms with van der Waals surface area (Å²) >= 11 is 0. The van der Waals surface area contributed by atoms with E-state index in [9.17, 15) is 22.7 Å². The Labute approximate surface area is 155 Å². The normalized spacial score (nSPS) is 18.8. The first kappa shape index (κ1) is 19.8. The highest BCUT2D eigenvalue weighted by Gasteiger charge is 2.27. The van der Waals surface area contributed by atoms with Gasteiger partial charge in [-0.2, -0.15) is 0 Å². The van der Waals surface area contributed by atoms with Gasteiger partial charge in [-0.15, -0.1) is 0 Å². The van der Waals surface area contributed by atoms with Gasteiger partial charge in [0, 0.05) is 57.0 Å². The van der Waals surface area contributed by atoms with Crippen molar-refractivity contribution in [2.24, 2.45) is 0 Å². The molecular formula is C20H22F4N2O. The molecule has 1 aliphatic rings. The summed E-state index contributed by atoms with van der Waals surface area (Å²) in [4.78, 5) is 4.17. The summed E-state index contributed by atoms with van der Waals surface area (Å²) in [5, 5.41) is 9.38. The van der Waals surface area contributed by atoms with E-state index in [0.717, 1.165) is 12.1 Å². The Hall–Kier alpha value is -1.96. The number of nitrogens with zero attached hydrogens (tertiary/aromatic N) is 2. The first-order valence-electron chi connectivity index (χ1n) is 8.91. The van der Waals surface area contributed by atoms with Crippen molar-refractivity contribution in [3.05, 3.63) is 70.8 Å². The maximum atomic E-state index is 13.9. The summed E-state index contributed by atoms with van der Waals surface area (Å²) in [5.74, 6) is -2.93. The van der Waals surface area contributed by atoms with Crippen molar-refractivity contribution in [2.75, 3.05) is 26.2 Å². The Bertz CT molecular complexity index is 787. The van der Waals surface area contributed by atoms with Gasteiger partial charge >= 0.3 is 0 Å². The molecule has 1 N–H and O–H groups in total. The van der Waals surface area contributed by atoms with Gasteiger partial charge in [-0.25, -0.2) is 17.6 Å². The highest BCUT2D eigenvalue weighted by atomic mass is 19.2. The summed E-state index contributed by atoms with van der Waals surface area (Å²) in [7, 11) is 0. The van der Waals surface area contributed by atoms with E-state index in [-0.39, 0.29) is 12.6 Å². The van der Waals surface area contributed by atoms with Gasteiger partial charge in [0.05, 0.1) is 0 Å². The molecule has 0 aliphatic carbocycles. The molecule has 146 valence electrons. The fourth-order valence-electron chi connectivity index (χ4n) is 3.50. The lowest BCUT2D eigenvalue weighted by atomic mass is 10.1. The van der Waals surface area contributed by atoms with E-state index in [1.807, 2.05) is 0 Å². The van der Waals surface area contributed by atoms with Crippen molar-refractivity contribution >= 4 is 0 Å². The SMILES string of the molecule is OCCC1CN(Cc2ccc(F)cc2F)CCN1Cc1ccc(F)c(F)c1. The van der Waals surface area contributed by atoms with Crippen molar-refractivity contribution in [3.63, 3.8) is 0 Å². The third-order valence-electron chi connectivity index (χ3n) is 4.93. The van der Waals surface area contributed by atoms with Gasteiger partial charge in [-0.3, -0.25) is 9.80 Å². The smallest absolute Gasteiger partial charge is 0.159 e. The van der Waals surface area contributed by atoms with Crippen LogP contribution in [0.3, 0.4) is 0 Å². The monoisotopic (exact) mass is 382 g/mol. The molecule has 3 nitrogen and oxygen atoms in total. The predicted molar refractivity (Wildman–Crippen MR) is 93.9 cm³/mol. The van der Waals surface area contributed by atoms with Crippen LogP contribution < -0.4 is 0 Å². The van der Waals surface area contributed by atoms with E-state index in [0.29, 0.717) is 50.3 Å². The fraction of sp³-hybridized carbons (Fsp3) is 0.400. The fourth-order valence-corrected chi connectivity index (χ4v) is 3.50. The number of halogens is 4. The van der Waals surface area contributed by atoms with E-state index >= 15 is 0 Å². The minimum atomic E-state index is -0.878. The molecule has 0 bridgehead atoms. The van der Waals surface area contributed by atoms with Gasteiger partial charge in [0.15, 0.2) is 11.6 Å². The average molecular weight is 382 g/mol. The molecule has 0 saturated carbocycles. The number of aliphatic hydroxyl groups is 1. The maximum absolute atomic E-state index is 13.9. The molecule has 0 aromatic heterocycles. The highest BCUT2D eigenvalue weighted by molar-refractivity contribution is 5.19. The van der Waals surface area contributed by atoms with Gasteiger partial charge in [0.1, 0.15) is 11.6 Å². The van der Waals surface area contributed by atoms with Crippen molar-refractivity contribution in [1.82, 2.24) is 9.80 Å². The van der Waals surface area contributed by atoms with Crippen LogP contribution in [0.15, 0.2) is 36.4 Å². The first-order chi connectivity index (χ1) is 13.0. The minimum absolute atomic E-state index is 0.000346. The molecule has 1 unspecified atom stereocenters. The summed E-state index contributed by atoms with van der Waals surface area (Å²) in [5.41, 5.74) is 1.09. The van der Waals surface area contributed by atoms with Crippen LogP contribution in [0.5, 0.6) is 0 Å². The third kappa shape index (κ3) is 5.06. The molecule has 1 aliphatic heterocycles. The summed E-state index contributed by atoms with van der Waals surface area (Å²) in [6.45, 7) is 2.70. The number of benzene rings is 2. The number of aliphatic hydroxyl groups excluding tert-OH is 1. The predicted octanol–water partition coefficient (Wildman–Crippen LogP) is 3.31. The van der Waals surface area contributed by atoms with Crippen molar-refractivity contribution in [1.29, 1.82) is 0 Å². The Morgan fingerprint density at radius 3 is 2.41 bits per heavy atom. The second-order valence-corrected chi connectivity index (χ2v) is 6.86. The largest absolute Gasteiger partial charge is 0.396 e. The minimum Gasteiger partial charge on any atom is -0.396 e. The first-order valence-corrected chi connectivity index (χ1v) is 8.91. The van der Waals surface area contributed by atoms with Crippen LogP contribution in [-0.4, -0.2) is 47.2 Å². The lowest BCUT2D eigenvalue weighted by Gasteiger charge is -2.41. The van der Waals surface area contributed by atoms with Crippen LogP contribution in [0.1, 0.15) is 17.5 Å². The van der Waals surface area contributed by atoms with E-state index in [4.69, 9.17) is 0 Å². The Morgan fingerprint density at radius 1 is 0.889 bits per heavy atom. The van der Waals surface area contributed by atoms with Crippen LogP contribution in [-0.2, 0) is 13.1 Å². The number of rotatable bonds is 6. The van der Waals surface area contributed by atoms with Crippen LogP contribution in [0.25, 0.3) is 0 Å². The molecule has 2 aromatic rings. The maximum Gasteiger partial charge on any atom is 0.159 e. The lowest BCUT2D eigenvalue weighted by Crippen LogP contribution is -2.52. The highest BCUT2D eigenvalue weighted by Crippen LogP contribution is 2.20. The van der Waals surface area contributed by atoms with Crippen LogP contribution in [0, 0.1) is 23.3 Å². The molecule has 2 aromatic carbocycles. The molecule has 1 heterocycles. The van der Waals surface area contributed by atoms with Gasteiger partial charge in [0.25, 0.3) is 0 Å². The zero-order valence-electron chi connectivity index (χ0n) is 14.8. The molecule has 0 amide bonds. The molecule has 27 heavy (non-hydrogen) atoms. The molecule has 1 fully saturated rings. The zero-order chi connectivity index (χ0) is 19.4. The number of hydrogen-bond donors (Lipinski definition) is 1. The van der Waals surface area contributed by atoms with Gasteiger partial charge in [-0.1, -0.05) is 12.1 Å². The quantitative estimate of drug-likeness (QED) is 0.777. The molecule has 7 heteroatoms. The van der Waals surface area contributed by atoms with Crippen LogP contribution >= 0.6 is 0 Å².